The van der Waals surface area contributed by atoms with Crippen LogP contribution in [0.4, 0.5) is 13.2 Å². The van der Waals surface area contributed by atoms with Crippen LogP contribution >= 0.6 is 57.6 Å². The van der Waals surface area contributed by atoms with Gasteiger partial charge in [-0.2, -0.15) is 18.3 Å². The number of aromatic nitrogens is 4. The van der Waals surface area contributed by atoms with Crippen molar-refractivity contribution in [2.24, 2.45) is 0 Å². The molecular weight excluding hydrogens is 1130 g/mol. The predicted molar refractivity (Wildman–Crippen MR) is 282 cm³/mol. The molecule has 0 bridgehead atoms. The maximum Gasteiger partial charge on any atom is 2.00 e. The van der Waals surface area contributed by atoms with Gasteiger partial charge in [-0.05, 0) is 96.1 Å². The Morgan fingerprint density at radius 1 is 0.767 bits per heavy atom. The number of nitrogens with zero attached hydrogens (tertiary/aromatic N) is 5. The molecule has 0 fully saturated rings. The Morgan fingerprint density at radius 3 is 2.01 bits per heavy atom. The van der Waals surface area contributed by atoms with Gasteiger partial charge in [0, 0.05) is 66.9 Å². The summed E-state index contributed by atoms with van der Waals surface area (Å²) in [5, 5.41) is 17.5. The van der Waals surface area contributed by atoms with Crippen molar-refractivity contribution in [1.29, 1.82) is 5.41 Å². The number of hydrogen-bond donors (Lipinski definition) is 1. The topological polar surface area (TPSA) is 193 Å². The van der Waals surface area contributed by atoms with Gasteiger partial charge in [0.1, 0.15) is 30.4 Å². The van der Waals surface area contributed by atoms with Crippen LogP contribution in [0, 0.1) is 5.41 Å². The Bertz CT molecular complexity index is 3230. The van der Waals surface area contributed by atoms with Gasteiger partial charge in [0.15, 0.2) is 11.5 Å². The van der Waals surface area contributed by atoms with Crippen molar-refractivity contribution >= 4 is 87.1 Å². The van der Waals surface area contributed by atoms with Gasteiger partial charge in [0.05, 0.1) is 32.5 Å². The quantitative estimate of drug-likeness (QED) is 0.0300. The summed E-state index contributed by atoms with van der Waals surface area (Å²) in [5.41, 5.74) is 9.60. The zero-order valence-electron chi connectivity index (χ0n) is 38.3. The number of rotatable bonds is 17. The largest absolute Gasteiger partial charge is 2.00 e. The summed E-state index contributed by atoms with van der Waals surface area (Å²) < 4.78 is 59.6. The molecule has 0 aliphatic carbocycles. The van der Waals surface area contributed by atoms with E-state index in [0.717, 1.165) is 64.7 Å². The summed E-state index contributed by atoms with van der Waals surface area (Å²) in [5.74, 6) is 2.19. The van der Waals surface area contributed by atoms with E-state index in [1.165, 1.54) is 41.7 Å². The fourth-order valence-electron chi connectivity index (χ4n) is 7.02. The number of thiocarbonyl (C=S) groups is 1. The van der Waals surface area contributed by atoms with Crippen molar-refractivity contribution in [1.82, 2.24) is 19.9 Å². The third-order valence-electron chi connectivity index (χ3n) is 10.3. The minimum atomic E-state index is -4.76. The number of unbranched alkanes of at least 4 members (excludes halogenated alkanes) is 3. The number of carbonyl (C=O) groups excluding carboxylic acids is 2. The SMILES string of the molecule is CCCCCCc1ccc(-c2ccnc(/C([NH-])=C/C(=N)C(F)(F)F)c2)s1.O=COc1ccnc(-c2cc(OC=O)cc(-c3cc(-c4ccc(-c5sc(-c6cccs6)c6c5OCCO6)s4)ccn3)n2)c1.[N-]=C=S.[Ru+2]. The summed E-state index contributed by atoms with van der Waals surface area (Å²) in [6.45, 7) is 3.90. The molecule has 0 unspecified atom stereocenters. The molecule has 1 aliphatic rings. The molecule has 9 rings (SSSR count). The van der Waals surface area contributed by atoms with Gasteiger partial charge in [0.2, 0.25) is 0 Å². The number of fused-ring (bicyclic) bond motifs is 1. The van der Waals surface area contributed by atoms with Crippen LogP contribution in [0.2, 0.25) is 0 Å². The second-order valence-corrected chi connectivity index (χ2v) is 19.5. The van der Waals surface area contributed by atoms with Gasteiger partial charge in [0.25, 0.3) is 12.9 Å². The summed E-state index contributed by atoms with van der Waals surface area (Å²) in [4.78, 5) is 47.2. The molecule has 0 saturated carbocycles. The average molecular weight is 1170 g/mol. The zero-order chi connectivity index (χ0) is 51.0. The van der Waals surface area contributed by atoms with E-state index in [0.29, 0.717) is 60.8 Å². The predicted octanol–water partition coefficient (Wildman–Crippen LogP) is 14.8. The van der Waals surface area contributed by atoms with Gasteiger partial charge in [-0.25, -0.2) is 4.98 Å². The third-order valence-corrected chi connectivity index (χ3v) is 15.0. The van der Waals surface area contributed by atoms with E-state index in [9.17, 15) is 22.8 Å². The summed E-state index contributed by atoms with van der Waals surface area (Å²) >= 11 is 10.4. The molecule has 0 saturated heterocycles. The van der Waals surface area contributed by atoms with Crippen molar-refractivity contribution in [3.05, 3.63) is 137 Å². The van der Waals surface area contributed by atoms with Crippen LogP contribution in [0.5, 0.6) is 23.0 Å². The van der Waals surface area contributed by atoms with Crippen molar-refractivity contribution in [2.75, 3.05) is 13.2 Å². The van der Waals surface area contributed by atoms with E-state index in [2.05, 4.69) is 63.7 Å². The molecule has 8 aromatic rings. The number of pyridine rings is 4. The maximum atomic E-state index is 12.5. The first-order chi connectivity index (χ1) is 34.9. The van der Waals surface area contributed by atoms with Crippen molar-refractivity contribution < 1.29 is 61.2 Å². The van der Waals surface area contributed by atoms with Crippen LogP contribution in [0.3, 0.4) is 0 Å². The maximum absolute atomic E-state index is 12.5. The van der Waals surface area contributed by atoms with Gasteiger partial charge >= 0.3 is 25.7 Å². The van der Waals surface area contributed by atoms with Crippen molar-refractivity contribution in [3.63, 3.8) is 0 Å². The number of allylic oxidation sites excluding steroid dienone is 1. The van der Waals surface area contributed by atoms with Gasteiger partial charge in [-0.3, -0.25) is 30.0 Å². The number of aryl methyl sites for hydroxylation is 1. The van der Waals surface area contributed by atoms with Gasteiger partial charge < -0.3 is 30.1 Å². The van der Waals surface area contributed by atoms with Crippen LogP contribution in [-0.2, 0) is 35.5 Å². The van der Waals surface area contributed by atoms with Crippen LogP contribution in [-0.4, -0.2) is 63.1 Å². The molecule has 0 atom stereocenters. The van der Waals surface area contributed by atoms with Crippen molar-refractivity contribution in [2.45, 2.75) is 45.2 Å². The normalized spacial score (nSPS) is 11.6. The Balaban J connectivity index is 0.000000249. The number of isothiocyanates is 1. The summed E-state index contributed by atoms with van der Waals surface area (Å²) in [6.07, 6.45) is 6.23. The molecule has 0 spiro atoms. The van der Waals surface area contributed by atoms with E-state index < -0.39 is 17.6 Å². The summed E-state index contributed by atoms with van der Waals surface area (Å²) in [6, 6.07) is 26.0. The molecule has 374 valence electrons. The number of thiophene rings is 4. The Labute approximate surface area is 451 Å². The minimum absolute atomic E-state index is 0. The first kappa shape index (κ1) is 55.7. The molecule has 0 radical (unpaired) electrons. The molecule has 0 amide bonds. The molecule has 9 heterocycles. The molecule has 1 aliphatic heterocycles. The van der Waals surface area contributed by atoms with Crippen molar-refractivity contribution in [3.8, 4) is 86.2 Å². The standard InChI is InChI=1S/C31H19N3O6S3.C19H21F3N3S.CNS.Ru/c35-16-39-19-6-8-33-22(13-19)24-15-20(40-17-36)14-23(34-24)21-12-18(5-7-32-21)25-3-4-27(42-25)31-29-28(37-9-10-38-29)30(43-31)26-2-1-11-41-26;1-2-3-4-5-6-14-7-8-17(26-14)13-9-10-25-16(11-13)15(23)12-18(24)19(20,21)22;2-1-3;/h1-8,11-17H,9-10H2;7-12,23-24H,2-6H2,1H3;;/q;2*-1;+2/b;15-12-,24-18?;;. The van der Waals surface area contributed by atoms with Crippen LogP contribution in [0.1, 0.15) is 43.2 Å². The fourth-order valence-corrected chi connectivity index (χ4v) is 11.2. The molecule has 22 heteroatoms. The first-order valence-electron chi connectivity index (χ1n) is 21.8. The van der Waals surface area contributed by atoms with Crippen LogP contribution < -0.4 is 18.9 Å². The molecule has 8 aromatic heterocycles. The van der Waals surface area contributed by atoms with E-state index in [1.54, 1.807) is 87.9 Å². The van der Waals surface area contributed by atoms with E-state index in [-0.39, 0.29) is 30.9 Å². The number of alkyl halides is 3. The number of halogens is 3. The second kappa shape index (κ2) is 26.9. The smallest absolute Gasteiger partial charge is 0.753 e. The minimum Gasteiger partial charge on any atom is -0.753 e. The van der Waals surface area contributed by atoms with E-state index in [1.807, 2.05) is 24.3 Å². The van der Waals surface area contributed by atoms with Crippen LogP contribution in [0.25, 0.3) is 80.0 Å². The molecular formula is C51H40F3N7O6RuS5. The van der Waals surface area contributed by atoms with E-state index in [4.69, 9.17) is 40.5 Å². The molecule has 0 aromatic carbocycles. The van der Waals surface area contributed by atoms with Gasteiger partial charge in [-0.1, -0.05) is 44.5 Å². The fraction of sp³-hybridized carbons (Fsp3) is 0.176. The zero-order valence-corrected chi connectivity index (χ0v) is 44.1. The van der Waals surface area contributed by atoms with Gasteiger partial charge in [-0.15, -0.1) is 51.0 Å². The number of ether oxygens (including phenoxy) is 4. The molecule has 2 N–H and O–H groups in total. The number of carbonyl (C=O) groups is 2. The number of nitrogens with one attached hydrogen (secondary N) is 2. The molecule has 73 heavy (non-hydrogen) atoms. The van der Waals surface area contributed by atoms with E-state index >= 15 is 0 Å². The Kier molecular flexibility index (Phi) is 20.5. The van der Waals surface area contributed by atoms with Crippen LogP contribution in [0.15, 0.2) is 115 Å². The first-order valence-corrected chi connectivity index (χ1v) is 25.5. The monoisotopic (exact) mass is 1170 g/mol. The summed E-state index contributed by atoms with van der Waals surface area (Å²) in [7, 11) is 0. The molecule has 13 nitrogen and oxygen atoms in total. The third kappa shape index (κ3) is 14.8. The number of hydrogen-bond acceptors (Lipinski definition) is 16. The Morgan fingerprint density at radius 2 is 1.36 bits per heavy atom. The Hall–Kier alpha value is -6.64. The average Bonchev–Trinajstić information content (AvgIpc) is 4.24. The second-order valence-electron chi connectivity index (χ2n) is 15.1.